The summed E-state index contributed by atoms with van der Waals surface area (Å²) in [5.41, 5.74) is 2.56. The standard InChI is InChI=1S/C12H22N/c1-5-7-13(8-6-2)9-11(3)12(4)10-13/h3-10H2,1-2H3/q+1. The summed E-state index contributed by atoms with van der Waals surface area (Å²) in [6.45, 7) is 17.5. The average molecular weight is 180 g/mol. The fraction of sp³-hybridized carbons (Fsp3) is 0.667. The molecule has 0 saturated carbocycles. The van der Waals surface area contributed by atoms with E-state index in [4.69, 9.17) is 0 Å². The van der Waals surface area contributed by atoms with Gasteiger partial charge in [0, 0.05) is 11.1 Å². The van der Waals surface area contributed by atoms with Gasteiger partial charge in [-0.15, -0.1) is 0 Å². The maximum atomic E-state index is 4.08. The zero-order chi connectivity index (χ0) is 9.90. The lowest BCUT2D eigenvalue weighted by molar-refractivity contribution is -0.912. The van der Waals surface area contributed by atoms with Gasteiger partial charge in [-0.2, -0.15) is 0 Å². The third kappa shape index (κ3) is 2.22. The molecule has 0 aromatic heterocycles. The molecule has 0 aromatic carbocycles. The molecular formula is C12H22N+. The van der Waals surface area contributed by atoms with E-state index in [1.807, 2.05) is 0 Å². The van der Waals surface area contributed by atoms with Crippen LogP contribution in [0, 0.1) is 0 Å². The van der Waals surface area contributed by atoms with Gasteiger partial charge in [-0.05, 0) is 12.8 Å². The normalized spacial score (nSPS) is 21.1. The summed E-state index contributed by atoms with van der Waals surface area (Å²) >= 11 is 0. The van der Waals surface area contributed by atoms with Crippen molar-refractivity contribution in [2.75, 3.05) is 26.2 Å². The predicted octanol–water partition coefficient (Wildman–Crippen LogP) is 2.75. The van der Waals surface area contributed by atoms with Crippen molar-refractivity contribution in [2.45, 2.75) is 26.7 Å². The van der Waals surface area contributed by atoms with E-state index in [0.29, 0.717) is 0 Å². The molecule has 0 aromatic rings. The highest BCUT2D eigenvalue weighted by atomic mass is 15.4. The van der Waals surface area contributed by atoms with Crippen LogP contribution in [-0.2, 0) is 0 Å². The topological polar surface area (TPSA) is 0 Å². The summed E-state index contributed by atoms with van der Waals surface area (Å²) < 4.78 is 1.21. The summed E-state index contributed by atoms with van der Waals surface area (Å²) in [6, 6.07) is 0. The third-order valence-corrected chi connectivity index (χ3v) is 2.95. The summed E-state index contributed by atoms with van der Waals surface area (Å²) in [5.74, 6) is 0. The molecule has 0 bridgehead atoms. The molecule has 0 amide bonds. The summed E-state index contributed by atoms with van der Waals surface area (Å²) in [6.07, 6.45) is 2.53. The second-order valence-corrected chi connectivity index (χ2v) is 4.31. The Bertz CT molecular complexity index is 191. The first-order valence-corrected chi connectivity index (χ1v) is 5.34. The Hall–Kier alpha value is -0.560. The zero-order valence-corrected chi connectivity index (χ0v) is 9.10. The Kier molecular flexibility index (Phi) is 3.32. The van der Waals surface area contributed by atoms with E-state index in [1.165, 1.54) is 41.6 Å². The van der Waals surface area contributed by atoms with Gasteiger partial charge in [-0.25, -0.2) is 0 Å². The van der Waals surface area contributed by atoms with E-state index in [0.717, 1.165) is 13.1 Å². The first-order chi connectivity index (χ1) is 6.13. The Balaban J connectivity index is 2.69. The molecule has 74 valence electrons. The van der Waals surface area contributed by atoms with Gasteiger partial charge in [0.25, 0.3) is 0 Å². The van der Waals surface area contributed by atoms with Crippen molar-refractivity contribution in [3.63, 3.8) is 0 Å². The van der Waals surface area contributed by atoms with E-state index < -0.39 is 0 Å². The second kappa shape index (κ2) is 4.10. The van der Waals surface area contributed by atoms with Crippen molar-refractivity contribution in [3.05, 3.63) is 24.3 Å². The Labute approximate surface area is 82.3 Å². The monoisotopic (exact) mass is 180 g/mol. The smallest absolute Gasteiger partial charge is 0.105 e. The van der Waals surface area contributed by atoms with E-state index >= 15 is 0 Å². The van der Waals surface area contributed by atoms with E-state index in [9.17, 15) is 0 Å². The SMILES string of the molecule is C=C1C[N+](CCC)(CCC)CC1=C. The molecule has 0 aliphatic carbocycles. The van der Waals surface area contributed by atoms with Gasteiger partial charge < -0.3 is 4.48 Å². The van der Waals surface area contributed by atoms with Gasteiger partial charge in [0.15, 0.2) is 0 Å². The number of hydrogen-bond acceptors (Lipinski definition) is 0. The number of nitrogens with zero attached hydrogens (tertiary/aromatic N) is 1. The van der Waals surface area contributed by atoms with Gasteiger partial charge in [-0.1, -0.05) is 27.0 Å². The minimum atomic E-state index is 1.14. The Morgan fingerprint density at radius 2 is 1.38 bits per heavy atom. The largest absolute Gasteiger partial charge is 0.316 e. The van der Waals surface area contributed by atoms with Crippen LogP contribution < -0.4 is 0 Å². The number of quaternary nitrogens is 1. The van der Waals surface area contributed by atoms with Crippen molar-refractivity contribution in [1.29, 1.82) is 0 Å². The molecule has 1 heteroatoms. The fourth-order valence-electron chi connectivity index (χ4n) is 2.47. The molecule has 1 heterocycles. The van der Waals surface area contributed by atoms with Crippen LogP contribution in [0.1, 0.15) is 26.7 Å². The lowest BCUT2D eigenvalue weighted by atomic mass is 10.2. The molecule has 1 fully saturated rings. The van der Waals surface area contributed by atoms with E-state index in [1.54, 1.807) is 0 Å². The first kappa shape index (κ1) is 10.5. The number of hydrogen-bond donors (Lipinski definition) is 0. The van der Waals surface area contributed by atoms with Crippen LogP contribution in [-0.4, -0.2) is 30.7 Å². The molecule has 0 spiro atoms. The van der Waals surface area contributed by atoms with Crippen molar-refractivity contribution in [2.24, 2.45) is 0 Å². The van der Waals surface area contributed by atoms with Gasteiger partial charge >= 0.3 is 0 Å². The Morgan fingerprint density at radius 3 is 1.69 bits per heavy atom. The van der Waals surface area contributed by atoms with Crippen molar-refractivity contribution >= 4 is 0 Å². The average Bonchev–Trinajstić information content (AvgIpc) is 2.29. The maximum Gasteiger partial charge on any atom is 0.105 e. The molecule has 1 aliphatic heterocycles. The van der Waals surface area contributed by atoms with Crippen molar-refractivity contribution in [1.82, 2.24) is 0 Å². The van der Waals surface area contributed by atoms with Crippen LogP contribution >= 0.6 is 0 Å². The molecule has 1 aliphatic rings. The van der Waals surface area contributed by atoms with Crippen LogP contribution in [0.5, 0.6) is 0 Å². The van der Waals surface area contributed by atoms with Crippen LogP contribution in [0.2, 0.25) is 0 Å². The quantitative estimate of drug-likeness (QED) is 0.584. The molecule has 0 unspecified atom stereocenters. The number of rotatable bonds is 4. The van der Waals surface area contributed by atoms with E-state index in [-0.39, 0.29) is 0 Å². The fourth-order valence-corrected chi connectivity index (χ4v) is 2.47. The maximum absolute atomic E-state index is 4.08. The molecule has 1 saturated heterocycles. The minimum Gasteiger partial charge on any atom is -0.316 e. The van der Waals surface area contributed by atoms with E-state index in [2.05, 4.69) is 27.0 Å². The third-order valence-electron chi connectivity index (χ3n) is 2.95. The van der Waals surface area contributed by atoms with Crippen molar-refractivity contribution in [3.8, 4) is 0 Å². The van der Waals surface area contributed by atoms with Crippen LogP contribution in [0.15, 0.2) is 24.3 Å². The Morgan fingerprint density at radius 1 is 1.00 bits per heavy atom. The molecule has 0 N–H and O–H groups in total. The summed E-state index contributed by atoms with van der Waals surface area (Å²) in [7, 11) is 0. The highest BCUT2D eigenvalue weighted by Gasteiger charge is 2.34. The summed E-state index contributed by atoms with van der Waals surface area (Å²) in [5, 5.41) is 0. The highest BCUT2D eigenvalue weighted by molar-refractivity contribution is 5.29. The van der Waals surface area contributed by atoms with Crippen LogP contribution in [0.4, 0.5) is 0 Å². The van der Waals surface area contributed by atoms with Gasteiger partial charge in [0.05, 0.1) is 13.1 Å². The van der Waals surface area contributed by atoms with Gasteiger partial charge in [0.1, 0.15) is 13.1 Å². The molecule has 13 heavy (non-hydrogen) atoms. The van der Waals surface area contributed by atoms with Gasteiger partial charge in [-0.3, -0.25) is 0 Å². The molecular weight excluding hydrogens is 158 g/mol. The molecule has 1 rings (SSSR count). The van der Waals surface area contributed by atoms with Gasteiger partial charge in [0.2, 0.25) is 0 Å². The summed E-state index contributed by atoms with van der Waals surface area (Å²) in [4.78, 5) is 0. The highest BCUT2D eigenvalue weighted by Crippen LogP contribution is 2.27. The lowest BCUT2D eigenvalue weighted by Crippen LogP contribution is -2.46. The molecule has 1 nitrogen and oxygen atoms in total. The van der Waals surface area contributed by atoms with Crippen LogP contribution in [0.3, 0.4) is 0 Å². The molecule has 0 radical (unpaired) electrons. The predicted molar refractivity (Wildman–Crippen MR) is 58.6 cm³/mol. The first-order valence-electron chi connectivity index (χ1n) is 5.34. The number of likely N-dealkylation sites (tertiary alicyclic amines) is 1. The van der Waals surface area contributed by atoms with Crippen molar-refractivity contribution < 1.29 is 4.48 Å². The van der Waals surface area contributed by atoms with Crippen LogP contribution in [0.25, 0.3) is 0 Å². The zero-order valence-electron chi connectivity index (χ0n) is 9.10. The minimum absolute atomic E-state index is 1.14. The molecule has 0 atom stereocenters. The lowest BCUT2D eigenvalue weighted by Gasteiger charge is -2.33. The second-order valence-electron chi connectivity index (χ2n) is 4.31.